The van der Waals surface area contributed by atoms with Crippen LogP contribution in [0.2, 0.25) is 0 Å². The van der Waals surface area contributed by atoms with Crippen LogP contribution >= 0.6 is 11.3 Å². The van der Waals surface area contributed by atoms with Gasteiger partial charge in [0.2, 0.25) is 0 Å². The van der Waals surface area contributed by atoms with Gasteiger partial charge in [-0.05, 0) is 30.7 Å². The highest BCUT2D eigenvalue weighted by Crippen LogP contribution is 2.16. The summed E-state index contributed by atoms with van der Waals surface area (Å²) < 4.78 is 0. The van der Waals surface area contributed by atoms with Gasteiger partial charge in [0.15, 0.2) is 0 Å². The van der Waals surface area contributed by atoms with Crippen LogP contribution in [0.4, 0.5) is 0 Å². The van der Waals surface area contributed by atoms with E-state index in [0.29, 0.717) is 18.7 Å². The number of pyridine rings is 1. The van der Waals surface area contributed by atoms with Crippen molar-refractivity contribution in [3.63, 3.8) is 0 Å². The van der Waals surface area contributed by atoms with E-state index in [-0.39, 0.29) is 12.5 Å². The number of thiophene rings is 1. The van der Waals surface area contributed by atoms with Gasteiger partial charge in [-0.1, -0.05) is 11.8 Å². The van der Waals surface area contributed by atoms with Crippen molar-refractivity contribution in [3.8, 4) is 11.8 Å². The molecule has 0 unspecified atom stereocenters. The molecule has 0 fully saturated rings. The first-order valence-electron chi connectivity index (χ1n) is 6.61. The summed E-state index contributed by atoms with van der Waals surface area (Å²) in [5.74, 6) is 5.39. The molecule has 0 atom stereocenters. The normalized spacial score (nSPS) is 9.81. The molecule has 0 aromatic carbocycles. The molecule has 21 heavy (non-hydrogen) atoms. The molecule has 0 saturated heterocycles. The Morgan fingerprint density at radius 3 is 2.86 bits per heavy atom. The summed E-state index contributed by atoms with van der Waals surface area (Å²) in [6, 6.07) is 5.58. The second-order valence-corrected chi connectivity index (χ2v) is 5.25. The van der Waals surface area contributed by atoms with Gasteiger partial charge in [0.05, 0.1) is 10.4 Å². The van der Waals surface area contributed by atoms with Crippen molar-refractivity contribution in [2.24, 2.45) is 0 Å². The van der Waals surface area contributed by atoms with Gasteiger partial charge in [-0.3, -0.25) is 9.78 Å². The Balaban J connectivity index is 2.11. The first-order chi connectivity index (χ1) is 10.2. The van der Waals surface area contributed by atoms with Crippen molar-refractivity contribution < 1.29 is 9.90 Å². The molecule has 2 aromatic rings. The van der Waals surface area contributed by atoms with Crippen LogP contribution in [0.5, 0.6) is 0 Å². The molecule has 2 rings (SSSR count). The van der Waals surface area contributed by atoms with Crippen LogP contribution in [-0.2, 0) is 6.54 Å². The summed E-state index contributed by atoms with van der Waals surface area (Å²) in [7, 11) is 0. The van der Waals surface area contributed by atoms with E-state index in [1.807, 2.05) is 19.1 Å². The highest BCUT2D eigenvalue weighted by molar-refractivity contribution is 7.10. The molecule has 5 heteroatoms. The highest BCUT2D eigenvalue weighted by Gasteiger charge is 2.15. The first kappa shape index (κ1) is 15.2. The zero-order valence-corrected chi connectivity index (χ0v) is 12.6. The Morgan fingerprint density at radius 2 is 2.19 bits per heavy atom. The van der Waals surface area contributed by atoms with Crippen LogP contribution in [0.1, 0.15) is 27.7 Å². The zero-order chi connectivity index (χ0) is 15.1. The molecule has 0 aliphatic heterocycles. The zero-order valence-electron chi connectivity index (χ0n) is 11.7. The topological polar surface area (TPSA) is 53.4 Å². The quantitative estimate of drug-likeness (QED) is 0.880. The summed E-state index contributed by atoms with van der Waals surface area (Å²) >= 11 is 1.41. The predicted molar refractivity (Wildman–Crippen MR) is 82.9 cm³/mol. The van der Waals surface area contributed by atoms with E-state index in [1.54, 1.807) is 28.7 Å². The van der Waals surface area contributed by atoms with Gasteiger partial charge >= 0.3 is 0 Å². The number of hydrogen-bond acceptors (Lipinski definition) is 4. The smallest absolute Gasteiger partial charge is 0.255 e. The molecule has 0 spiro atoms. The van der Waals surface area contributed by atoms with E-state index in [1.165, 1.54) is 11.3 Å². The van der Waals surface area contributed by atoms with E-state index in [9.17, 15) is 4.79 Å². The third-order valence-electron chi connectivity index (χ3n) is 2.93. The van der Waals surface area contributed by atoms with Gasteiger partial charge in [0.25, 0.3) is 5.91 Å². The molecule has 0 radical (unpaired) electrons. The molecule has 2 aromatic heterocycles. The number of carbonyl (C=O) groups excluding carboxylic acids is 1. The Hall–Kier alpha value is -2.16. The summed E-state index contributed by atoms with van der Waals surface area (Å²) in [6.45, 7) is 2.97. The van der Waals surface area contributed by atoms with E-state index >= 15 is 0 Å². The Morgan fingerprint density at radius 1 is 1.43 bits per heavy atom. The molecule has 108 valence electrons. The summed E-state index contributed by atoms with van der Waals surface area (Å²) in [5, 5.41) is 10.5. The average Bonchev–Trinajstić information content (AvgIpc) is 3.00. The van der Waals surface area contributed by atoms with Crippen LogP contribution in [0.15, 0.2) is 36.0 Å². The van der Waals surface area contributed by atoms with E-state index in [2.05, 4.69) is 16.8 Å². The average molecular weight is 300 g/mol. The Bertz CT molecular complexity index is 656. The summed E-state index contributed by atoms with van der Waals surface area (Å²) in [6.07, 6.45) is 3.45. The lowest BCUT2D eigenvalue weighted by atomic mass is 10.2. The molecule has 4 nitrogen and oxygen atoms in total. The second-order valence-electron chi connectivity index (χ2n) is 4.33. The predicted octanol–water partition coefficient (Wildman–Crippen LogP) is 2.15. The maximum atomic E-state index is 12.5. The van der Waals surface area contributed by atoms with Gasteiger partial charge in [-0.25, -0.2) is 0 Å². The number of aliphatic hydroxyl groups excluding tert-OH is 1. The third kappa shape index (κ3) is 4.15. The lowest BCUT2D eigenvalue weighted by Gasteiger charge is -2.20. The fourth-order valence-corrected chi connectivity index (χ4v) is 2.61. The van der Waals surface area contributed by atoms with Crippen LogP contribution < -0.4 is 0 Å². The lowest BCUT2D eigenvalue weighted by Crippen LogP contribution is -2.29. The van der Waals surface area contributed by atoms with Crippen molar-refractivity contribution in [3.05, 3.63) is 52.0 Å². The molecular weight excluding hydrogens is 284 g/mol. The van der Waals surface area contributed by atoms with Crippen molar-refractivity contribution in [1.82, 2.24) is 9.88 Å². The van der Waals surface area contributed by atoms with Crippen molar-refractivity contribution in [2.75, 3.05) is 13.2 Å². The van der Waals surface area contributed by atoms with Crippen molar-refractivity contribution >= 4 is 17.2 Å². The molecule has 1 amide bonds. The molecule has 1 N–H and O–H groups in total. The molecule has 2 heterocycles. The van der Waals surface area contributed by atoms with Crippen molar-refractivity contribution in [1.29, 1.82) is 0 Å². The van der Waals surface area contributed by atoms with Gasteiger partial charge in [-0.2, -0.15) is 0 Å². The lowest BCUT2D eigenvalue weighted by molar-refractivity contribution is 0.0753. The minimum atomic E-state index is -0.176. The van der Waals surface area contributed by atoms with Crippen molar-refractivity contribution in [2.45, 2.75) is 13.5 Å². The molecular formula is C16H16N2O2S. The number of aliphatic hydroxyl groups is 1. The largest absolute Gasteiger partial charge is 0.384 e. The second kappa shape index (κ2) is 7.58. The molecule has 0 aliphatic carbocycles. The summed E-state index contributed by atoms with van der Waals surface area (Å²) in [4.78, 5) is 19.0. The standard InChI is InChI=1S/C16H16N2O2S/c1-2-18(11-13-5-7-17-8-6-13)16(20)14-10-15(21-12-14)4-3-9-19/h5-8,10,12,19H,2,9,11H2,1H3. The number of rotatable bonds is 4. The number of carbonyl (C=O) groups is 1. The highest BCUT2D eigenvalue weighted by atomic mass is 32.1. The number of nitrogens with zero attached hydrogens (tertiary/aromatic N) is 2. The molecule has 0 aliphatic rings. The van der Waals surface area contributed by atoms with Gasteiger partial charge in [0, 0.05) is 30.9 Å². The molecule has 0 saturated carbocycles. The van der Waals surface area contributed by atoms with Crippen LogP contribution in [0, 0.1) is 11.8 Å². The minimum absolute atomic E-state index is 0.0115. The van der Waals surface area contributed by atoms with Crippen LogP contribution in [0.3, 0.4) is 0 Å². The van der Waals surface area contributed by atoms with Gasteiger partial charge < -0.3 is 10.0 Å². The molecule has 0 bridgehead atoms. The van der Waals surface area contributed by atoms with Gasteiger partial charge in [0.1, 0.15) is 6.61 Å². The maximum absolute atomic E-state index is 12.5. The van der Waals surface area contributed by atoms with Gasteiger partial charge in [-0.15, -0.1) is 11.3 Å². The Labute approximate surface area is 128 Å². The van der Waals surface area contributed by atoms with E-state index in [4.69, 9.17) is 5.11 Å². The Kier molecular flexibility index (Phi) is 5.50. The third-order valence-corrected chi connectivity index (χ3v) is 3.77. The number of amides is 1. The number of hydrogen-bond donors (Lipinski definition) is 1. The van der Waals surface area contributed by atoms with E-state index < -0.39 is 0 Å². The van der Waals surface area contributed by atoms with Crippen LogP contribution in [-0.4, -0.2) is 34.0 Å². The minimum Gasteiger partial charge on any atom is -0.384 e. The SMILES string of the molecule is CCN(Cc1ccncc1)C(=O)c1csc(C#CCO)c1. The number of aromatic nitrogens is 1. The fraction of sp³-hybridized carbons (Fsp3) is 0.250. The van der Waals surface area contributed by atoms with Crippen LogP contribution in [0.25, 0.3) is 0 Å². The fourth-order valence-electron chi connectivity index (χ4n) is 1.86. The van der Waals surface area contributed by atoms with E-state index in [0.717, 1.165) is 10.4 Å². The summed E-state index contributed by atoms with van der Waals surface area (Å²) in [5.41, 5.74) is 1.69. The maximum Gasteiger partial charge on any atom is 0.255 e. The monoisotopic (exact) mass is 300 g/mol. The first-order valence-corrected chi connectivity index (χ1v) is 7.49.